The maximum absolute atomic E-state index is 14.0. The molecule has 0 N–H and O–H groups in total. The standard InChI is InChI=1S/C21H14NO.C18H15P.Au/c1-2-17-10-9-11-18(16-17)21(23)22(19-12-5-3-6-13-19)20-14-7-4-8-15-20;1-4-10-16(11-5-1)19(17-12-6-2-7-13-17)18-14-8-3-9-15-18;/h3-16H;1-15H;/q;;-1/p+1. The zero-order chi connectivity index (χ0) is 29.3. The van der Waals surface area contributed by atoms with Crippen LogP contribution in [0, 0.1) is 10.1 Å². The number of hydrogen-bond donors (Lipinski definition) is 0. The number of amides is 1. The van der Waals surface area contributed by atoms with E-state index in [0.29, 0.717) is 5.56 Å². The molecule has 4 heteroatoms. The molecule has 6 aromatic carbocycles. The number of carbonyl (C=O) groups is 1. The van der Waals surface area contributed by atoms with Crippen LogP contribution in [0.2, 0.25) is 0 Å². The van der Waals surface area contributed by atoms with Gasteiger partial charge in [-0.15, -0.1) is 0 Å². The molecule has 43 heavy (non-hydrogen) atoms. The van der Waals surface area contributed by atoms with Gasteiger partial charge in [0, 0.05) is 0 Å². The van der Waals surface area contributed by atoms with Crippen LogP contribution in [-0.4, -0.2) is 5.91 Å². The van der Waals surface area contributed by atoms with Crippen molar-refractivity contribution in [3.05, 3.63) is 187 Å². The predicted molar refractivity (Wildman–Crippen MR) is 179 cm³/mol. The van der Waals surface area contributed by atoms with Crippen LogP contribution in [0.3, 0.4) is 0 Å². The van der Waals surface area contributed by atoms with Gasteiger partial charge < -0.3 is 0 Å². The Morgan fingerprint density at radius 2 is 0.930 bits per heavy atom. The molecule has 0 saturated heterocycles. The molecule has 0 radical (unpaired) electrons. The topological polar surface area (TPSA) is 20.3 Å². The molecular formula is C39H30AuNOP. The van der Waals surface area contributed by atoms with Crippen LogP contribution >= 0.6 is 5.15 Å². The summed E-state index contributed by atoms with van der Waals surface area (Å²) in [6, 6.07) is 60.0. The fourth-order valence-corrected chi connectivity index (χ4v) is 16.4. The number of anilines is 2. The summed E-state index contributed by atoms with van der Waals surface area (Å²) in [4.78, 5) is 15.7. The molecule has 0 atom stereocenters. The van der Waals surface area contributed by atoms with E-state index >= 15 is 0 Å². The van der Waals surface area contributed by atoms with Crippen molar-refractivity contribution < 1.29 is 24.0 Å². The SMILES string of the molecule is O=C(c1cccc(C#[C][Au][PH](c2ccccc2)(c2ccccc2)c2ccccc2)c1)N(c1ccccc1)c1ccccc1. The molecule has 6 aromatic rings. The molecule has 2 nitrogen and oxygen atoms in total. The van der Waals surface area contributed by atoms with E-state index in [0.717, 1.165) is 16.9 Å². The summed E-state index contributed by atoms with van der Waals surface area (Å²) in [5.74, 6) is 3.39. The first-order valence-corrected chi connectivity index (χ1v) is 20.2. The van der Waals surface area contributed by atoms with E-state index < -0.39 is 24.4 Å². The van der Waals surface area contributed by atoms with Gasteiger partial charge in [-0.1, -0.05) is 0 Å². The molecule has 0 aromatic heterocycles. The quantitative estimate of drug-likeness (QED) is 0.0930. The summed E-state index contributed by atoms with van der Waals surface area (Å²) >= 11 is -0.465. The normalized spacial score (nSPS) is 11.3. The van der Waals surface area contributed by atoms with Crippen LogP contribution in [0.25, 0.3) is 0 Å². The Hall–Kier alpha value is -4.48. The second kappa shape index (κ2) is 13.7. The van der Waals surface area contributed by atoms with Gasteiger partial charge >= 0.3 is 264 Å². The van der Waals surface area contributed by atoms with E-state index in [2.05, 4.69) is 101 Å². The summed E-state index contributed by atoms with van der Waals surface area (Å²) in [5.41, 5.74) is 3.10. The fourth-order valence-electron chi connectivity index (χ4n) is 5.11. The molecule has 0 aliphatic heterocycles. The first kappa shape index (κ1) is 28.6. The van der Waals surface area contributed by atoms with Crippen molar-refractivity contribution in [1.82, 2.24) is 0 Å². The average Bonchev–Trinajstić information content (AvgIpc) is 3.09. The minimum atomic E-state index is -2.37. The average molecular weight is 757 g/mol. The van der Waals surface area contributed by atoms with Gasteiger partial charge in [-0.2, -0.15) is 0 Å². The van der Waals surface area contributed by atoms with Crippen molar-refractivity contribution in [3.8, 4) is 10.1 Å². The number of para-hydroxylation sites is 2. The van der Waals surface area contributed by atoms with Crippen molar-refractivity contribution in [3.63, 3.8) is 0 Å². The molecule has 1 amide bonds. The van der Waals surface area contributed by atoms with E-state index in [1.807, 2.05) is 84.9 Å². The van der Waals surface area contributed by atoms with Crippen molar-refractivity contribution in [1.29, 1.82) is 0 Å². The zero-order valence-electron chi connectivity index (χ0n) is 23.4. The Morgan fingerprint density at radius 3 is 1.37 bits per heavy atom. The van der Waals surface area contributed by atoms with Crippen molar-refractivity contribution in [2.24, 2.45) is 0 Å². The van der Waals surface area contributed by atoms with Crippen LogP contribution < -0.4 is 20.8 Å². The Balaban J connectivity index is 1.38. The second-order valence-electron chi connectivity index (χ2n) is 9.87. The van der Waals surface area contributed by atoms with E-state index in [9.17, 15) is 4.79 Å². The molecule has 0 bridgehead atoms. The number of carbonyl (C=O) groups excluding carboxylic acids is 1. The first-order chi connectivity index (χ1) is 21.3. The van der Waals surface area contributed by atoms with Crippen LogP contribution in [-0.2, 0) is 19.2 Å². The maximum atomic E-state index is 14.0. The van der Waals surface area contributed by atoms with E-state index in [-0.39, 0.29) is 5.91 Å². The molecule has 0 fully saturated rings. The number of rotatable bonds is 7. The summed E-state index contributed by atoms with van der Waals surface area (Å²) in [7, 11) is 0. The third-order valence-corrected chi connectivity index (χ3v) is 19.8. The van der Waals surface area contributed by atoms with Gasteiger partial charge in [-0.05, 0) is 0 Å². The number of benzene rings is 6. The van der Waals surface area contributed by atoms with Crippen molar-refractivity contribution in [2.75, 3.05) is 4.90 Å². The monoisotopic (exact) mass is 756 g/mol. The number of nitrogens with zero attached hydrogens (tertiary/aromatic N) is 1. The van der Waals surface area contributed by atoms with Gasteiger partial charge in [0.05, 0.1) is 0 Å². The molecule has 0 aliphatic rings. The Labute approximate surface area is 263 Å². The summed E-state index contributed by atoms with van der Waals surface area (Å²) in [6.07, 6.45) is 0. The van der Waals surface area contributed by atoms with Gasteiger partial charge in [0.25, 0.3) is 0 Å². The van der Waals surface area contributed by atoms with Crippen molar-refractivity contribution in [2.45, 2.75) is 0 Å². The third-order valence-electron chi connectivity index (χ3n) is 7.12. The molecule has 0 unspecified atom stereocenters. The molecule has 6 rings (SSSR count). The summed E-state index contributed by atoms with van der Waals surface area (Å²) < 4.78 is 3.68. The van der Waals surface area contributed by atoms with E-state index in [4.69, 9.17) is 0 Å². The molecule has 0 saturated carbocycles. The van der Waals surface area contributed by atoms with E-state index in [1.54, 1.807) is 4.90 Å². The van der Waals surface area contributed by atoms with Crippen LogP contribution in [0.4, 0.5) is 11.4 Å². The van der Waals surface area contributed by atoms with Gasteiger partial charge in [-0.25, -0.2) is 0 Å². The third kappa shape index (κ3) is 6.32. The second-order valence-corrected chi connectivity index (χ2v) is 20.0. The van der Waals surface area contributed by atoms with Crippen LogP contribution in [0.1, 0.15) is 15.9 Å². The predicted octanol–water partition coefficient (Wildman–Crippen LogP) is 7.70. The minimum absolute atomic E-state index is 0.0869. The Bertz CT molecular complexity index is 1720. The van der Waals surface area contributed by atoms with Gasteiger partial charge in [0.2, 0.25) is 0 Å². The Kier molecular flexibility index (Phi) is 9.10. The molecule has 0 spiro atoms. The van der Waals surface area contributed by atoms with Gasteiger partial charge in [0.1, 0.15) is 0 Å². The molecule has 213 valence electrons. The summed E-state index contributed by atoms with van der Waals surface area (Å²) in [5, 5.41) is 1.74. The molecule has 0 heterocycles. The van der Waals surface area contributed by atoms with Crippen LogP contribution in [0.15, 0.2) is 176 Å². The molecule has 0 aliphatic carbocycles. The number of hydrogen-bond acceptors (Lipinski definition) is 1. The van der Waals surface area contributed by atoms with Crippen LogP contribution in [0.5, 0.6) is 0 Å². The molecular weight excluding hydrogens is 726 g/mol. The fraction of sp³-hybridized carbons (Fsp3) is 0. The van der Waals surface area contributed by atoms with Crippen molar-refractivity contribution >= 4 is 38.3 Å². The summed E-state index contributed by atoms with van der Waals surface area (Å²) in [6.45, 7) is 0. The first-order valence-electron chi connectivity index (χ1n) is 14.1. The van der Waals surface area contributed by atoms with Gasteiger partial charge in [-0.3, -0.25) is 0 Å². The zero-order valence-corrected chi connectivity index (χ0v) is 26.6. The van der Waals surface area contributed by atoms with E-state index in [1.165, 1.54) is 15.9 Å². The van der Waals surface area contributed by atoms with Gasteiger partial charge in [0.15, 0.2) is 0 Å². The Morgan fingerprint density at radius 1 is 0.512 bits per heavy atom.